The zero-order valence-electron chi connectivity index (χ0n) is 14.6. The van der Waals surface area contributed by atoms with Crippen molar-refractivity contribution in [1.82, 2.24) is 20.1 Å². The highest BCUT2D eigenvalue weighted by Gasteiger charge is 2.28. The van der Waals surface area contributed by atoms with E-state index in [0.717, 1.165) is 5.39 Å². The summed E-state index contributed by atoms with van der Waals surface area (Å²) in [7, 11) is 1.69. The van der Waals surface area contributed by atoms with Gasteiger partial charge < -0.3 is 10.1 Å². The maximum absolute atomic E-state index is 12.7. The SMILES string of the molecule is CC(NC(=O)c1c2ccccc2nn1C)c1ccc(OCC(F)(F)F)nc1. The van der Waals surface area contributed by atoms with E-state index in [1.165, 1.54) is 16.9 Å². The number of fused-ring (bicyclic) bond motifs is 1. The maximum atomic E-state index is 12.7. The zero-order chi connectivity index (χ0) is 19.6. The fraction of sp³-hybridized carbons (Fsp3) is 0.278. The third-order valence-corrected chi connectivity index (χ3v) is 3.95. The van der Waals surface area contributed by atoms with E-state index < -0.39 is 18.8 Å². The normalized spacial score (nSPS) is 12.8. The monoisotopic (exact) mass is 378 g/mol. The first-order valence-corrected chi connectivity index (χ1v) is 8.13. The molecular weight excluding hydrogens is 361 g/mol. The first-order valence-electron chi connectivity index (χ1n) is 8.13. The highest BCUT2D eigenvalue weighted by Crippen LogP contribution is 2.21. The lowest BCUT2D eigenvalue weighted by atomic mass is 10.1. The molecular formula is C18H17F3N4O2. The molecule has 0 saturated heterocycles. The Bertz CT molecular complexity index is 951. The third-order valence-electron chi connectivity index (χ3n) is 3.95. The molecule has 1 amide bonds. The van der Waals surface area contributed by atoms with Gasteiger partial charge in [-0.2, -0.15) is 18.3 Å². The van der Waals surface area contributed by atoms with Crippen molar-refractivity contribution < 1.29 is 22.7 Å². The summed E-state index contributed by atoms with van der Waals surface area (Å²) in [5.41, 5.74) is 1.77. The van der Waals surface area contributed by atoms with Gasteiger partial charge in [0, 0.05) is 24.7 Å². The number of alkyl halides is 3. The minimum atomic E-state index is -4.42. The molecule has 0 aliphatic rings. The number of nitrogens with zero attached hydrogens (tertiary/aromatic N) is 3. The van der Waals surface area contributed by atoms with Crippen LogP contribution in [0.2, 0.25) is 0 Å². The quantitative estimate of drug-likeness (QED) is 0.739. The second-order valence-corrected chi connectivity index (χ2v) is 6.02. The number of nitrogens with one attached hydrogen (secondary N) is 1. The molecule has 1 N–H and O–H groups in total. The summed E-state index contributed by atoms with van der Waals surface area (Å²) in [4.78, 5) is 16.5. The van der Waals surface area contributed by atoms with Gasteiger partial charge in [0.1, 0.15) is 5.69 Å². The van der Waals surface area contributed by atoms with E-state index in [1.54, 1.807) is 20.0 Å². The number of aromatic nitrogens is 3. The number of ether oxygens (including phenoxy) is 1. The van der Waals surface area contributed by atoms with Crippen molar-refractivity contribution in [3.05, 3.63) is 53.9 Å². The predicted octanol–water partition coefficient (Wildman–Crippen LogP) is 3.40. The standard InChI is InChI=1S/C18H17F3N4O2/c1-11(12-7-8-15(22-9-12)27-10-18(19,20)21)23-17(26)16-13-5-3-4-6-14(13)24-25(16)2/h3-9,11H,10H2,1-2H3,(H,23,26). The molecule has 0 saturated carbocycles. The molecule has 0 bridgehead atoms. The van der Waals surface area contributed by atoms with Crippen LogP contribution >= 0.6 is 0 Å². The number of carbonyl (C=O) groups is 1. The van der Waals surface area contributed by atoms with Crippen LogP contribution in [0.1, 0.15) is 29.0 Å². The number of pyridine rings is 1. The van der Waals surface area contributed by atoms with E-state index in [4.69, 9.17) is 0 Å². The van der Waals surface area contributed by atoms with Crippen LogP contribution in [-0.4, -0.2) is 33.5 Å². The van der Waals surface area contributed by atoms with Gasteiger partial charge in [0.2, 0.25) is 5.88 Å². The highest BCUT2D eigenvalue weighted by molar-refractivity contribution is 6.05. The zero-order valence-corrected chi connectivity index (χ0v) is 14.6. The number of hydrogen-bond donors (Lipinski definition) is 1. The Morgan fingerprint density at radius 2 is 2.00 bits per heavy atom. The number of rotatable bonds is 5. The van der Waals surface area contributed by atoms with Gasteiger partial charge in [-0.1, -0.05) is 24.3 Å². The van der Waals surface area contributed by atoms with E-state index >= 15 is 0 Å². The molecule has 27 heavy (non-hydrogen) atoms. The number of hydrogen-bond acceptors (Lipinski definition) is 4. The van der Waals surface area contributed by atoms with Crippen LogP contribution < -0.4 is 10.1 Å². The van der Waals surface area contributed by atoms with Crippen LogP contribution in [0.5, 0.6) is 5.88 Å². The largest absolute Gasteiger partial charge is 0.468 e. The van der Waals surface area contributed by atoms with Gasteiger partial charge in [-0.25, -0.2) is 4.98 Å². The molecule has 3 rings (SSSR count). The highest BCUT2D eigenvalue weighted by atomic mass is 19.4. The number of aryl methyl sites for hydroxylation is 1. The molecule has 1 unspecified atom stereocenters. The van der Waals surface area contributed by atoms with Gasteiger partial charge in [-0.3, -0.25) is 9.48 Å². The molecule has 1 aromatic carbocycles. The van der Waals surface area contributed by atoms with Crippen LogP contribution in [0.15, 0.2) is 42.6 Å². The van der Waals surface area contributed by atoms with Crippen molar-refractivity contribution >= 4 is 16.8 Å². The molecule has 0 fully saturated rings. The van der Waals surface area contributed by atoms with Crippen molar-refractivity contribution in [3.8, 4) is 5.88 Å². The molecule has 9 heteroatoms. The average Bonchev–Trinajstić information content (AvgIpc) is 2.95. The summed E-state index contributed by atoms with van der Waals surface area (Å²) in [5, 5.41) is 7.88. The molecule has 2 aromatic heterocycles. The molecule has 6 nitrogen and oxygen atoms in total. The van der Waals surface area contributed by atoms with Crippen LogP contribution in [0.4, 0.5) is 13.2 Å². The summed E-state index contributed by atoms with van der Waals surface area (Å²) in [6, 6.07) is 9.79. The molecule has 0 spiro atoms. The van der Waals surface area contributed by atoms with Crippen molar-refractivity contribution in [3.63, 3.8) is 0 Å². The first kappa shape index (κ1) is 18.7. The van der Waals surface area contributed by atoms with Crippen molar-refractivity contribution in [2.75, 3.05) is 6.61 Å². The fourth-order valence-electron chi connectivity index (χ4n) is 2.65. The van der Waals surface area contributed by atoms with E-state index in [-0.39, 0.29) is 11.8 Å². The maximum Gasteiger partial charge on any atom is 0.422 e. The summed E-state index contributed by atoms with van der Waals surface area (Å²) < 4.78 is 42.6. The minimum absolute atomic E-state index is 0.132. The summed E-state index contributed by atoms with van der Waals surface area (Å²) >= 11 is 0. The summed E-state index contributed by atoms with van der Waals surface area (Å²) in [6.45, 7) is 0.350. The Kier molecular flexibility index (Phi) is 5.02. The second kappa shape index (κ2) is 7.26. The number of carbonyl (C=O) groups excluding carboxylic acids is 1. The lowest BCUT2D eigenvalue weighted by molar-refractivity contribution is -0.154. The topological polar surface area (TPSA) is 69.0 Å². The second-order valence-electron chi connectivity index (χ2n) is 6.02. The Morgan fingerprint density at radius 3 is 2.67 bits per heavy atom. The van der Waals surface area contributed by atoms with Crippen molar-refractivity contribution in [2.45, 2.75) is 19.1 Å². The molecule has 0 aliphatic carbocycles. The lowest BCUT2D eigenvalue weighted by Gasteiger charge is -2.15. The van der Waals surface area contributed by atoms with Gasteiger partial charge in [0.25, 0.3) is 5.91 Å². The minimum Gasteiger partial charge on any atom is -0.468 e. The van der Waals surface area contributed by atoms with Gasteiger partial charge >= 0.3 is 6.18 Å². The molecule has 3 aromatic rings. The summed E-state index contributed by atoms with van der Waals surface area (Å²) in [5.74, 6) is -0.441. The predicted molar refractivity (Wildman–Crippen MR) is 92.4 cm³/mol. The van der Waals surface area contributed by atoms with E-state index in [1.807, 2.05) is 24.3 Å². The number of benzene rings is 1. The number of halogens is 3. The Balaban J connectivity index is 1.70. The van der Waals surface area contributed by atoms with E-state index in [2.05, 4.69) is 20.1 Å². The fourth-order valence-corrected chi connectivity index (χ4v) is 2.65. The molecule has 142 valence electrons. The van der Waals surface area contributed by atoms with Gasteiger partial charge in [-0.15, -0.1) is 0 Å². The first-order chi connectivity index (χ1) is 12.7. The van der Waals surface area contributed by atoms with Crippen LogP contribution in [-0.2, 0) is 7.05 Å². The van der Waals surface area contributed by atoms with Gasteiger partial charge in [-0.05, 0) is 18.6 Å². The van der Waals surface area contributed by atoms with Crippen LogP contribution in [0.25, 0.3) is 10.9 Å². The Labute approximate surface area is 153 Å². The molecule has 1 atom stereocenters. The smallest absolute Gasteiger partial charge is 0.422 e. The van der Waals surface area contributed by atoms with Crippen molar-refractivity contribution in [2.24, 2.45) is 7.05 Å². The van der Waals surface area contributed by atoms with Crippen LogP contribution in [0.3, 0.4) is 0 Å². The van der Waals surface area contributed by atoms with Crippen molar-refractivity contribution in [1.29, 1.82) is 0 Å². The average molecular weight is 378 g/mol. The van der Waals surface area contributed by atoms with E-state index in [9.17, 15) is 18.0 Å². The van der Waals surface area contributed by atoms with Crippen LogP contribution in [0, 0.1) is 0 Å². The molecule has 0 aliphatic heterocycles. The molecule has 2 heterocycles. The van der Waals surface area contributed by atoms with Gasteiger partial charge in [0.05, 0.1) is 11.6 Å². The lowest BCUT2D eigenvalue weighted by Crippen LogP contribution is -2.28. The number of amides is 1. The van der Waals surface area contributed by atoms with E-state index in [0.29, 0.717) is 16.8 Å². The van der Waals surface area contributed by atoms with Gasteiger partial charge in [0.15, 0.2) is 6.61 Å². The third kappa shape index (κ3) is 4.36. The summed E-state index contributed by atoms with van der Waals surface area (Å²) in [6.07, 6.45) is -3.05. The Hall–Kier alpha value is -3.10. The Morgan fingerprint density at radius 1 is 1.26 bits per heavy atom. The molecule has 0 radical (unpaired) electrons.